The second-order valence-corrected chi connectivity index (χ2v) is 9.55. The van der Waals surface area contributed by atoms with Gasteiger partial charge in [0.15, 0.2) is 0 Å². The van der Waals surface area contributed by atoms with E-state index in [0.717, 1.165) is 4.88 Å². The van der Waals surface area contributed by atoms with Crippen LogP contribution in [-0.4, -0.2) is 34.5 Å². The summed E-state index contributed by atoms with van der Waals surface area (Å²) >= 11 is 1.54. The van der Waals surface area contributed by atoms with Crippen molar-refractivity contribution in [1.82, 2.24) is 19.1 Å². The van der Waals surface area contributed by atoms with Gasteiger partial charge in [-0.05, 0) is 37.4 Å². The number of aryl methyl sites for hydroxylation is 1. The number of oxazole rings is 1. The van der Waals surface area contributed by atoms with Crippen LogP contribution >= 0.6 is 11.3 Å². The minimum Gasteiger partial charge on any atom is -0.468 e. The van der Waals surface area contributed by atoms with Crippen molar-refractivity contribution in [3.8, 4) is 10.8 Å². The molecule has 4 heterocycles. The molecule has 0 bridgehead atoms. The van der Waals surface area contributed by atoms with Gasteiger partial charge < -0.3 is 8.83 Å². The number of nitrogens with zero attached hydrogens (tertiary/aromatic N) is 4. The number of aromatic nitrogens is 3. The van der Waals surface area contributed by atoms with E-state index < -0.39 is 10.0 Å². The van der Waals surface area contributed by atoms with E-state index in [1.165, 1.54) is 17.6 Å². The summed E-state index contributed by atoms with van der Waals surface area (Å²) in [4.78, 5) is 5.63. The summed E-state index contributed by atoms with van der Waals surface area (Å²) in [6, 6.07) is 7.34. The number of sulfonamides is 1. The SMILES string of the molecule is Cc1nn(Cc2coc(-c3cccs3)n2)c(C)c1S(=O)(=O)N(C)Cc1ccco1. The Morgan fingerprint density at radius 2 is 2.03 bits per heavy atom. The minimum absolute atomic E-state index is 0.146. The van der Waals surface area contributed by atoms with Gasteiger partial charge in [0.05, 0.1) is 35.6 Å². The lowest BCUT2D eigenvalue weighted by Crippen LogP contribution is -2.27. The molecule has 29 heavy (non-hydrogen) atoms. The average molecular weight is 433 g/mol. The van der Waals surface area contributed by atoms with E-state index in [2.05, 4.69) is 10.1 Å². The Morgan fingerprint density at radius 1 is 1.21 bits per heavy atom. The van der Waals surface area contributed by atoms with Gasteiger partial charge in [0.2, 0.25) is 15.9 Å². The summed E-state index contributed by atoms with van der Waals surface area (Å²) < 4.78 is 40.0. The maximum Gasteiger partial charge on any atom is 0.246 e. The largest absolute Gasteiger partial charge is 0.468 e. The average Bonchev–Trinajstić information content (AvgIpc) is 3.44. The Balaban J connectivity index is 1.59. The minimum atomic E-state index is -3.73. The van der Waals surface area contributed by atoms with Crippen LogP contribution in [0.15, 0.2) is 55.9 Å². The van der Waals surface area contributed by atoms with Crippen LogP contribution < -0.4 is 0 Å². The zero-order valence-electron chi connectivity index (χ0n) is 16.2. The maximum absolute atomic E-state index is 13.1. The lowest BCUT2D eigenvalue weighted by atomic mass is 10.4. The second kappa shape index (κ2) is 7.62. The zero-order valence-corrected chi connectivity index (χ0v) is 17.8. The van der Waals surface area contributed by atoms with E-state index >= 15 is 0 Å². The van der Waals surface area contributed by atoms with Crippen molar-refractivity contribution in [2.45, 2.75) is 31.8 Å². The fourth-order valence-electron chi connectivity index (χ4n) is 3.12. The maximum atomic E-state index is 13.1. The molecule has 0 fully saturated rings. The Morgan fingerprint density at radius 3 is 2.72 bits per heavy atom. The first-order chi connectivity index (χ1) is 13.9. The lowest BCUT2D eigenvalue weighted by molar-refractivity contribution is 0.406. The van der Waals surface area contributed by atoms with Gasteiger partial charge in [-0.25, -0.2) is 13.4 Å². The third kappa shape index (κ3) is 3.78. The molecule has 0 spiro atoms. The smallest absolute Gasteiger partial charge is 0.246 e. The number of rotatable bonds is 7. The van der Waals surface area contributed by atoms with Crippen molar-refractivity contribution in [3.05, 3.63) is 65.0 Å². The monoisotopic (exact) mass is 432 g/mol. The normalized spacial score (nSPS) is 12.1. The molecule has 0 aliphatic heterocycles. The van der Waals surface area contributed by atoms with Gasteiger partial charge >= 0.3 is 0 Å². The van der Waals surface area contributed by atoms with Crippen molar-refractivity contribution in [2.75, 3.05) is 7.05 Å². The van der Waals surface area contributed by atoms with Crippen LogP contribution in [0, 0.1) is 13.8 Å². The highest BCUT2D eigenvalue weighted by atomic mass is 32.2. The van der Waals surface area contributed by atoms with Gasteiger partial charge in [0.1, 0.15) is 22.6 Å². The highest BCUT2D eigenvalue weighted by Crippen LogP contribution is 2.26. The summed E-state index contributed by atoms with van der Waals surface area (Å²) in [6.45, 7) is 3.90. The molecule has 0 saturated carbocycles. The van der Waals surface area contributed by atoms with Crippen LogP contribution in [0.3, 0.4) is 0 Å². The number of hydrogen-bond donors (Lipinski definition) is 0. The predicted octanol–water partition coefficient (Wildman–Crippen LogP) is 3.68. The van der Waals surface area contributed by atoms with Gasteiger partial charge in [-0.1, -0.05) is 6.07 Å². The summed E-state index contributed by atoms with van der Waals surface area (Å²) in [5, 5.41) is 6.39. The van der Waals surface area contributed by atoms with Gasteiger partial charge in [-0.15, -0.1) is 11.3 Å². The summed E-state index contributed by atoms with van der Waals surface area (Å²) in [5.74, 6) is 1.12. The third-order valence-corrected chi connectivity index (χ3v) is 7.45. The first-order valence-corrected chi connectivity index (χ1v) is 11.2. The van der Waals surface area contributed by atoms with Gasteiger partial charge in [0.25, 0.3) is 0 Å². The Kier molecular flexibility index (Phi) is 5.15. The van der Waals surface area contributed by atoms with E-state index in [1.54, 1.807) is 48.3 Å². The Labute approximate surface area is 172 Å². The predicted molar refractivity (Wildman–Crippen MR) is 108 cm³/mol. The van der Waals surface area contributed by atoms with Crippen LogP contribution in [0.4, 0.5) is 0 Å². The quantitative estimate of drug-likeness (QED) is 0.442. The molecule has 0 N–H and O–H groups in total. The highest BCUT2D eigenvalue weighted by molar-refractivity contribution is 7.89. The zero-order chi connectivity index (χ0) is 20.6. The molecule has 0 aromatic carbocycles. The van der Waals surface area contributed by atoms with Gasteiger partial charge in [-0.2, -0.15) is 9.40 Å². The summed E-state index contributed by atoms with van der Waals surface area (Å²) in [5.41, 5.74) is 1.66. The standard InChI is InChI=1S/C19H20N4O4S2/c1-13-18(29(24,25)22(3)11-16-6-4-8-26-16)14(2)23(21-13)10-15-12-27-19(20-15)17-7-5-9-28-17/h4-9,12H,10-11H2,1-3H3. The molecule has 0 radical (unpaired) electrons. The molecule has 4 rings (SSSR count). The molecular formula is C19H20N4O4S2. The lowest BCUT2D eigenvalue weighted by Gasteiger charge is -2.16. The molecule has 0 aliphatic carbocycles. The van der Waals surface area contributed by atoms with Crippen molar-refractivity contribution in [1.29, 1.82) is 0 Å². The fraction of sp³-hybridized carbons (Fsp3) is 0.263. The number of hydrogen-bond acceptors (Lipinski definition) is 7. The van der Waals surface area contributed by atoms with E-state index in [4.69, 9.17) is 8.83 Å². The van der Waals surface area contributed by atoms with Crippen LogP contribution in [0.2, 0.25) is 0 Å². The van der Waals surface area contributed by atoms with Crippen molar-refractivity contribution < 1.29 is 17.3 Å². The van der Waals surface area contributed by atoms with E-state index in [-0.39, 0.29) is 11.4 Å². The van der Waals surface area contributed by atoms with Crippen LogP contribution in [0.25, 0.3) is 10.8 Å². The Bertz CT molecular complexity index is 1210. The Hall–Kier alpha value is -2.69. The fourth-order valence-corrected chi connectivity index (χ4v) is 5.27. The topological polar surface area (TPSA) is 94.4 Å². The molecular weight excluding hydrogens is 412 g/mol. The molecule has 0 saturated heterocycles. The van der Waals surface area contributed by atoms with Crippen LogP contribution in [0.5, 0.6) is 0 Å². The summed E-state index contributed by atoms with van der Waals surface area (Å²) in [7, 11) is -2.20. The van der Waals surface area contributed by atoms with E-state index in [0.29, 0.717) is 35.3 Å². The molecule has 0 unspecified atom stereocenters. The molecule has 4 aromatic rings. The van der Waals surface area contributed by atoms with Crippen LogP contribution in [-0.2, 0) is 23.1 Å². The van der Waals surface area contributed by atoms with Crippen LogP contribution in [0.1, 0.15) is 22.8 Å². The molecule has 4 aromatic heterocycles. The third-order valence-electron chi connectivity index (χ3n) is 4.54. The van der Waals surface area contributed by atoms with Crippen molar-refractivity contribution in [2.24, 2.45) is 0 Å². The number of thiophene rings is 1. The van der Waals surface area contributed by atoms with E-state index in [1.807, 2.05) is 17.5 Å². The van der Waals surface area contributed by atoms with Crippen molar-refractivity contribution >= 4 is 21.4 Å². The molecule has 152 valence electrons. The summed E-state index contributed by atoms with van der Waals surface area (Å²) in [6.07, 6.45) is 3.09. The van der Waals surface area contributed by atoms with Crippen molar-refractivity contribution in [3.63, 3.8) is 0 Å². The first-order valence-electron chi connectivity index (χ1n) is 8.87. The molecule has 10 heteroatoms. The molecule has 8 nitrogen and oxygen atoms in total. The molecule has 0 aliphatic rings. The second-order valence-electron chi connectivity index (χ2n) is 6.62. The van der Waals surface area contributed by atoms with Gasteiger partial charge in [-0.3, -0.25) is 4.68 Å². The van der Waals surface area contributed by atoms with Gasteiger partial charge in [0, 0.05) is 7.05 Å². The first kappa shape index (κ1) is 19.6. The molecule has 0 atom stereocenters. The molecule has 0 amide bonds. The van der Waals surface area contributed by atoms with E-state index in [9.17, 15) is 8.42 Å². The highest BCUT2D eigenvalue weighted by Gasteiger charge is 2.29. The number of furan rings is 1.